The number of phenolic OH excluding ortho intramolecular Hbond substituents is 1. The van der Waals surface area contributed by atoms with E-state index in [2.05, 4.69) is 0 Å². The van der Waals surface area contributed by atoms with Crippen LogP contribution < -0.4 is 0 Å². The second-order valence-corrected chi connectivity index (χ2v) is 11.2. The number of aromatic hydroxyl groups is 1. The van der Waals surface area contributed by atoms with E-state index in [1.54, 1.807) is 29.2 Å². The van der Waals surface area contributed by atoms with Crippen LogP contribution in [0, 0.1) is 0 Å². The minimum Gasteiger partial charge on any atom is -0.508 e. The Morgan fingerprint density at radius 1 is 0.882 bits per heavy atom. The zero-order valence-electron chi connectivity index (χ0n) is 19.9. The van der Waals surface area contributed by atoms with Crippen LogP contribution in [0.5, 0.6) is 5.75 Å². The number of phenols is 1. The summed E-state index contributed by atoms with van der Waals surface area (Å²) in [6.45, 7) is 7.87. The van der Waals surface area contributed by atoms with Crippen LogP contribution in [0.4, 0.5) is 4.79 Å². The lowest BCUT2D eigenvalue weighted by molar-refractivity contribution is 0.0156. The van der Waals surface area contributed by atoms with E-state index in [4.69, 9.17) is 4.74 Å². The summed E-state index contributed by atoms with van der Waals surface area (Å²) in [5, 5.41) is 9.42. The Morgan fingerprint density at radius 3 is 1.94 bits per heavy atom. The number of sulfone groups is 1. The smallest absolute Gasteiger partial charge is 0.410 e. The number of rotatable bonds is 7. The highest BCUT2D eigenvalue weighted by molar-refractivity contribution is 7.91. The molecule has 0 fully saturated rings. The second kappa shape index (κ2) is 10.3. The van der Waals surface area contributed by atoms with Crippen molar-refractivity contribution < 1.29 is 23.1 Å². The maximum atomic E-state index is 13.0. The number of carbonyl (C=O) groups is 1. The molecule has 6 nitrogen and oxygen atoms in total. The van der Waals surface area contributed by atoms with Gasteiger partial charge in [0.1, 0.15) is 11.4 Å². The van der Waals surface area contributed by atoms with Crippen molar-refractivity contribution in [3.63, 3.8) is 0 Å². The average molecular weight is 482 g/mol. The van der Waals surface area contributed by atoms with Gasteiger partial charge in [-0.15, -0.1) is 0 Å². The van der Waals surface area contributed by atoms with Gasteiger partial charge in [0.2, 0.25) is 9.84 Å². The molecule has 0 heterocycles. The molecule has 180 valence electrons. The summed E-state index contributed by atoms with van der Waals surface area (Å²) in [5.74, 6) is 0.00771. The van der Waals surface area contributed by atoms with Gasteiger partial charge < -0.3 is 14.7 Å². The van der Waals surface area contributed by atoms with Crippen molar-refractivity contribution in [3.8, 4) is 5.75 Å². The molecule has 0 spiro atoms. The van der Waals surface area contributed by atoms with Gasteiger partial charge in [-0.3, -0.25) is 0 Å². The molecule has 0 aliphatic carbocycles. The highest BCUT2D eigenvalue weighted by Crippen LogP contribution is 2.24. The number of carbonyl (C=O) groups excluding carboxylic acids is 1. The lowest BCUT2D eigenvalue weighted by atomic mass is 10.1. The summed E-state index contributed by atoms with van der Waals surface area (Å²) < 4.78 is 31.4. The molecule has 0 aliphatic heterocycles. The van der Waals surface area contributed by atoms with E-state index < -0.39 is 21.5 Å². The van der Waals surface area contributed by atoms with E-state index in [0.29, 0.717) is 13.0 Å². The number of hydrogen-bond acceptors (Lipinski definition) is 5. The number of nitrogens with zero attached hydrogens (tertiary/aromatic N) is 1. The summed E-state index contributed by atoms with van der Waals surface area (Å²) in [6.07, 6.45) is 0.140. The van der Waals surface area contributed by atoms with E-state index in [9.17, 15) is 18.3 Å². The molecular formula is C27H31NO5S. The fraction of sp³-hybridized carbons (Fsp3) is 0.296. The van der Waals surface area contributed by atoms with Crippen molar-refractivity contribution in [1.29, 1.82) is 0 Å². The third-order valence-corrected chi connectivity index (χ3v) is 7.05. The minimum absolute atomic E-state index is 0.00771. The predicted molar refractivity (Wildman–Crippen MR) is 131 cm³/mol. The van der Waals surface area contributed by atoms with Gasteiger partial charge in [-0.1, -0.05) is 42.5 Å². The molecule has 0 saturated carbocycles. The van der Waals surface area contributed by atoms with Crippen molar-refractivity contribution in [2.45, 2.75) is 62.1 Å². The molecule has 34 heavy (non-hydrogen) atoms. The van der Waals surface area contributed by atoms with Crippen LogP contribution in [0.1, 0.15) is 38.8 Å². The van der Waals surface area contributed by atoms with Crippen LogP contribution in [0.2, 0.25) is 0 Å². The fourth-order valence-electron chi connectivity index (χ4n) is 3.52. The van der Waals surface area contributed by atoms with Gasteiger partial charge in [0.25, 0.3) is 0 Å². The van der Waals surface area contributed by atoms with Crippen molar-refractivity contribution in [2.24, 2.45) is 0 Å². The Morgan fingerprint density at radius 2 is 1.41 bits per heavy atom. The number of hydrogen-bond donors (Lipinski definition) is 1. The molecule has 0 radical (unpaired) electrons. The van der Waals surface area contributed by atoms with Gasteiger partial charge in [-0.25, -0.2) is 13.2 Å². The van der Waals surface area contributed by atoms with Gasteiger partial charge in [0.15, 0.2) is 0 Å². The van der Waals surface area contributed by atoms with E-state index >= 15 is 0 Å². The van der Waals surface area contributed by atoms with E-state index in [0.717, 1.165) is 11.1 Å². The van der Waals surface area contributed by atoms with E-state index in [1.165, 1.54) is 24.3 Å². The summed E-state index contributed by atoms with van der Waals surface area (Å²) >= 11 is 0. The lowest BCUT2D eigenvalue weighted by Crippen LogP contribution is -2.42. The Hall–Kier alpha value is -3.32. The molecule has 3 aromatic rings. The van der Waals surface area contributed by atoms with Gasteiger partial charge >= 0.3 is 6.09 Å². The SMILES string of the molecule is CC(Cc1ccc(S(=O)(=O)c2ccc(O)cc2)cc1)N(Cc1ccccc1)C(=O)OC(C)(C)C. The normalized spacial score (nSPS) is 12.7. The van der Waals surface area contributed by atoms with Crippen LogP contribution in [0.15, 0.2) is 88.7 Å². The monoisotopic (exact) mass is 481 g/mol. The highest BCUT2D eigenvalue weighted by atomic mass is 32.2. The number of ether oxygens (including phenoxy) is 1. The lowest BCUT2D eigenvalue weighted by Gasteiger charge is -2.32. The molecule has 0 aromatic heterocycles. The van der Waals surface area contributed by atoms with Crippen LogP contribution in [0.25, 0.3) is 0 Å². The van der Waals surface area contributed by atoms with Crippen LogP contribution in [-0.4, -0.2) is 36.2 Å². The van der Waals surface area contributed by atoms with E-state index in [-0.39, 0.29) is 21.6 Å². The van der Waals surface area contributed by atoms with Crippen LogP contribution >= 0.6 is 0 Å². The Kier molecular flexibility index (Phi) is 7.67. The molecule has 3 aromatic carbocycles. The molecule has 7 heteroatoms. The molecule has 1 atom stereocenters. The van der Waals surface area contributed by atoms with Gasteiger partial charge in [0.05, 0.1) is 9.79 Å². The summed E-state index contributed by atoms with van der Waals surface area (Å²) in [5.41, 5.74) is 1.28. The number of amides is 1. The maximum absolute atomic E-state index is 13.0. The highest BCUT2D eigenvalue weighted by Gasteiger charge is 2.26. The first kappa shape index (κ1) is 25.3. The minimum atomic E-state index is -3.69. The van der Waals surface area contributed by atoms with Crippen molar-refractivity contribution in [1.82, 2.24) is 4.90 Å². The van der Waals surface area contributed by atoms with Crippen LogP contribution in [0.3, 0.4) is 0 Å². The quantitative estimate of drug-likeness (QED) is 0.475. The van der Waals surface area contributed by atoms with Crippen LogP contribution in [-0.2, 0) is 27.5 Å². The summed E-state index contributed by atoms with van der Waals surface area (Å²) in [4.78, 5) is 14.9. The Labute approximate surface area is 201 Å². The Bertz CT molecular complexity index is 1200. The number of benzene rings is 3. The largest absolute Gasteiger partial charge is 0.508 e. The van der Waals surface area contributed by atoms with Crippen molar-refractivity contribution in [3.05, 3.63) is 90.0 Å². The maximum Gasteiger partial charge on any atom is 0.410 e. The molecule has 1 unspecified atom stereocenters. The molecule has 1 amide bonds. The average Bonchev–Trinajstić information content (AvgIpc) is 2.77. The topological polar surface area (TPSA) is 83.9 Å². The molecule has 0 bridgehead atoms. The summed E-state index contributed by atoms with van der Waals surface area (Å²) in [6, 6.07) is 21.7. The molecule has 1 N–H and O–H groups in total. The Balaban J connectivity index is 1.78. The van der Waals surface area contributed by atoms with Crippen molar-refractivity contribution >= 4 is 15.9 Å². The van der Waals surface area contributed by atoms with Crippen molar-refractivity contribution in [2.75, 3.05) is 0 Å². The molecule has 3 rings (SSSR count). The van der Waals surface area contributed by atoms with Gasteiger partial charge in [-0.05, 0) is 81.6 Å². The van der Waals surface area contributed by atoms with Gasteiger partial charge in [0, 0.05) is 12.6 Å². The first-order chi connectivity index (χ1) is 16.0. The zero-order chi connectivity index (χ0) is 24.9. The third kappa shape index (κ3) is 6.60. The first-order valence-electron chi connectivity index (χ1n) is 11.1. The standard InChI is InChI=1S/C27H31NO5S/c1-20(28(26(30)33-27(2,3)4)19-22-8-6-5-7-9-22)18-21-10-14-24(15-11-21)34(31,32)25-16-12-23(29)13-17-25/h5-17,20,29H,18-19H2,1-4H3. The third-order valence-electron chi connectivity index (χ3n) is 5.27. The zero-order valence-corrected chi connectivity index (χ0v) is 20.7. The summed E-state index contributed by atoms with van der Waals surface area (Å²) in [7, 11) is -3.69. The predicted octanol–water partition coefficient (Wildman–Crippen LogP) is 5.59. The first-order valence-corrected chi connectivity index (χ1v) is 12.6. The molecular weight excluding hydrogens is 450 g/mol. The molecule has 0 saturated heterocycles. The second-order valence-electron chi connectivity index (χ2n) is 9.29. The molecule has 0 aliphatic rings. The van der Waals surface area contributed by atoms with E-state index in [1.807, 2.05) is 58.0 Å². The fourth-order valence-corrected chi connectivity index (χ4v) is 4.78. The van der Waals surface area contributed by atoms with Gasteiger partial charge in [-0.2, -0.15) is 0 Å².